The summed E-state index contributed by atoms with van der Waals surface area (Å²) in [7, 11) is 0. The fraction of sp³-hybridized carbons (Fsp3) is 0.194. The minimum Gasteiger partial charge on any atom is -0.444 e. The van der Waals surface area contributed by atoms with E-state index in [0.29, 0.717) is 34.6 Å². The number of amides is 2. The van der Waals surface area contributed by atoms with Gasteiger partial charge in [-0.3, -0.25) is 10.1 Å². The van der Waals surface area contributed by atoms with Gasteiger partial charge in [0.2, 0.25) is 5.60 Å². The summed E-state index contributed by atoms with van der Waals surface area (Å²) in [5.74, 6) is -0.938. The molecule has 2 aliphatic rings. The van der Waals surface area contributed by atoms with Gasteiger partial charge in [-0.2, -0.15) is 0 Å². The molecule has 1 atom stereocenters. The van der Waals surface area contributed by atoms with Crippen LogP contribution in [0.2, 0.25) is 0 Å². The van der Waals surface area contributed by atoms with Crippen LogP contribution in [0.4, 0.5) is 16.2 Å². The van der Waals surface area contributed by atoms with E-state index < -0.39 is 23.3 Å². The first kappa shape index (κ1) is 28.0. The third kappa shape index (κ3) is 5.30. The first-order valence-corrected chi connectivity index (χ1v) is 14.2. The van der Waals surface area contributed by atoms with Gasteiger partial charge in [-0.15, -0.1) is 0 Å². The molecular formula is C36H32N2O5. The minimum absolute atomic E-state index is 0.125. The van der Waals surface area contributed by atoms with Crippen molar-refractivity contribution in [1.29, 1.82) is 0 Å². The summed E-state index contributed by atoms with van der Waals surface area (Å²) in [5.41, 5.74) is 2.69. The number of benzene rings is 4. The molecule has 0 aromatic heterocycles. The largest absolute Gasteiger partial charge is 0.444 e. The van der Waals surface area contributed by atoms with Gasteiger partial charge in [-0.1, -0.05) is 97.1 Å². The zero-order valence-corrected chi connectivity index (χ0v) is 24.3. The molecule has 0 bridgehead atoms. The summed E-state index contributed by atoms with van der Waals surface area (Å²) in [6, 6.07) is 33.8. The fourth-order valence-electron chi connectivity index (χ4n) is 5.77. The van der Waals surface area contributed by atoms with Crippen molar-refractivity contribution >= 4 is 40.5 Å². The number of rotatable bonds is 5. The Morgan fingerprint density at radius 3 is 2.21 bits per heavy atom. The third-order valence-corrected chi connectivity index (χ3v) is 7.56. The average Bonchev–Trinajstić information content (AvgIpc) is 3.20. The lowest BCUT2D eigenvalue weighted by molar-refractivity contribution is -0.162. The van der Waals surface area contributed by atoms with Gasteiger partial charge in [0.05, 0.1) is 23.5 Å². The number of carbonyl (C=O) groups is 3. The van der Waals surface area contributed by atoms with E-state index in [9.17, 15) is 14.4 Å². The number of anilines is 2. The maximum atomic E-state index is 14.4. The maximum Gasteiger partial charge on any atom is 0.412 e. The van der Waals surface area contributed by atoms with Crippen molar-refractivity contribution in [2.75, 3.05) is 10.2 Å². The molecular weight excluding hydrogens is 540 g/mol. The van der Waals surface area contributed by atoms with E-state index in [0.717, 1.165) is 11.1 Å². The molecule has 216 valence electrons. The van der Waals surface area contributed by atoms with Crippen LogP contribution in [0, 0.1) is 0 Å². The highest BCUT2D eigenvalue weighted by atomic mass is 16.6. The Bertz CT molecular complexity index is 1740. The Balaban J connectivity index is 1.48. The van der Waals surface area contributed by atoms with Crippen LogP contribution in [0.15, 0.2) is 109 Å². The first-order chi connectivity index (χ1) is 20.7. The summed E-state index contributed by atoms with van der Waals surface area (Å²) < 4.78 is 11.7. The molecule has 1 spiro atoms. The second kappa shape index (κ2) is 10.9. The van der Waals surface area contributed by atoms with Crippen molar-refractivity contribution in [1.82, 2.24) is 0 Å². The predicted octanol–water partition coefficient (Wildman–Crippen LogP) is 7.33. The van der Waals surface area contributed by atoms with E-state index in [4.69, 9.17) is 9.47 Å². The first-order valence-electron chi connectivity index (χ1n) is 14.2. The van der Waals surface area contributed by atoms with Gasteiger partial charge < -0.3 is 14.4 Å². The van der Waals surface area contributed by atoms with Gasteiger partial charge in [0.15, 0.2) is 0 Å². The normalized spacial score (nSPS) is 18.0. The molecule has 2 aliphatic heterocycles. The van der Waals surface area contributed by atoms with E-state index in [1.54, 1.807) is 49.9 Å². The average molecular weight is 573 g/mol. The zero-order valence-electron chi connectivity index (χ0n) is 24.3. The van der Waals surface area contributed by atoms with Gasteiger partial charge in [-0.05, 0) is 49.6 Å². The summed E-state index contributed by atoms with van der Waals surface area (Å²) in [6.07, 6.45) is -0.515. The molecule has 0 saturated carbocycles. The molecule has 7 heteroatoms. The highest BCUT2D eigenvalue weighted by Crippen LogP contribution is 2.53. The van der Waals surface area contributed by atoms with Crippen LogP contribution >= 0.6 is 0 Å². The van der Waals surface area contributed by atoms with Gasteiger partial charge in [0, 0.05) is 17.5 Å². The fourth-order valence-corrected chi connectivity index (χ4v) is 5.77. The number of ether oxygens (including phenoxy) is 2. The van der Waals surface area contributed by atoms with Crippen LogP contribution in [-0.4, -0.2) is 23.6 Å². The number of nitrogens with zero attached hydrogens (tertiary/aromatic N) is 1. The summed E-state index contributed by atoms with van der Waals surface area (Å²) in [5, 5.41) is 2.80. The van der Waals surface area contributed by atoms with Crippen LogP contribution < -0.4 is 10.2 Å². The van der Waals surface area contributed by atoms with Crippen LogP contribution in [0.1, 0.15) is 49.4 Å². The molecule has 0 aliphatic carbocycles. The molecule has 1 N–H and O–H groups in total. The number of esters is 1. The third-order valence-electron chi connectivity index (χ3n) is 7.56. The van der Waals surface area contributed by atoms with Crippen LogP contribution in [0.25, 0.3) is 11.1 Å². The van der Waals surface area contributed by atoms with Crippen LogP contribution in [-0.2, 0) is 31.2 Å². The Hall–Kier alpha value is -5.17. The van der Waals surface area contributed by atoms with Crippen molar-refractivity contribution in [2.45, 2.75) is 44.9 Å². The number of fused-ring (bicyclic) bond motifs is 2. The molecule has 4 aromatic rings. The van der Waals surface area contributed by atoms with Crippen molar-refractivity contribution in [3.8, 4) is 0 Å². The molecule has 0 saturated heterocycles. The Morgan fingerprint density at radius 2 is 1.49 bits per heavy atom. The lowest BCUT2D eigenvalue weighted by Gasteiger charge is -2.35. The predicted molar refractivity (Wildman–Crippen MR) is 166 cm³/mol. The SMILES string of the molecule is CC(C)(C)OC(=O)Nc1ccccc1C1=C(c2ccccc2)C[C@@]2(OC1=O)C(=O)N(Cc1ccccc1)c1ccccc12. The lowest BCUT2D eigenvalue weighted by Crippen LogP contribution is -2.46. The summed E-state index contributed by atoms with van der Waals surface area (Å²) in [4.78, 5) is 43.1. The number of nitrogens with one attached hydrogen (secondary N) is 1. The van der Waals surface area contributed by atoms with Crippen LogP contribution in [0.5, 0.6) is 0 Å². The van der Waals surface area contributed by atoms with E-state index in [1.165, 1.54) is 0 Å². The maximum absolute atomic E-state index is 14.4. The van der Waals surface area contributed by atoms with Gasteiger partial charge in [0.25, 0.3) is 5.91 Å². The monoisotopic (exact) mass is 572 g/mol. The second-order valence-electron chi connectivity index (χ2n) is 11.7. The van der Waals surface area contributed by atoms with Gasteiger partial charge in [-0.25, -0.2) is 9.59 Å². The van der Waals surface area contributed by atoms with E-state index >= 15 is 0 Å². The van der Waals surface area contributed by atoms with E-state index in [1.807, 2.05) is 84.9 Å². The Labute approximate surface area is 250 Å². The molecule has 6 rings (SSSR count). The summed E-state index contributed by atoms with van der Waals surface area (Å²) >= 11 is 0. The quantitative estimate of drug-likeness (QED) is 0.253. The molecule has 0 fully saturated rings. The number of para-hydroxylation sites is 2. The van der Waals surface area contributed by atoms with Gasteiger partial charge in [0.1, 0.15) is 5.60 Å². The zero-order chi connectivity index (χ0) is 30.2. The standard InChI is InChI=1S/C36H32N2O5/c1-35(2,3)43-34(41)37-29-20-12-10-18-26(29)31-27(25-16-8-5-9-17-25)22-36(42-32(31)39)28-19-11-13-21-30(28)38(33(36)40)23-24-14-6-4-7-15-24/h4-21H,22-23H2,1-3H3,(H,37,41)/t36-/m0/s1. The van der Waals surface area contributed by atoms with E-state index in [-0.39, 0.29) is 17.9 Å². The molecule has 43 heavy (non-hydrogen) atoms. The van der Waals surface area contributed by atoms with Crippen molar-refractivity contribution in [3.63, 3.8) is 0 Å². The highest BCUT2D eigenvalue weighted by molar-refractivity contribution is 6.29. The highest BCUT2D eigenvalue weighted by Gasteiger charge is 2.57. The van der Waals surface area contributed by atoms with Crippen molar-refractivity contribution in [2.24, 2.45) is 0 Å². The van der Waals surface area contributed by atoms with Crippen LogP contribution in [0.3, 0.4) is 0 Å². The Morgan fingerprint density at radius 1 is 0.860 bits per heavy atom. The molecule has 2 amide bonds. The molecule has 7 nitrogen and oxygen atoms in total. The molecule has 4 aromatic carbocycles. The number of hydrogen-bond donors (Lipinski definition) is 1. The number of hydrogen-bond acceptors (Lipinski definition) is 5. The number of carbonyl (C=O) groups excluding carboxylic acids is 3. The lowest BCUT2D eigenvalue weighted by atomic mass is 9.79. The molecule has 2 heterocycles. The minimum atomic E-state index is -1.54. The second-order valence-corrected chi connectivity index (χ2v) is 11.7. The molecule has 0 radical (unpaired) electrons. The van der Waals surface area contributed by atoms with Gasteiger partial charge >= 0.3 is 12.1 Å². The topological polar surface area (TPSA) is 84.9 Å². The molecule has 0 unspecified atom stereocenters. The summed E-state index contributed by atoms with van der Waals surface area (Å²) in [6.45, 7) is 5.69. The Kier molecular flexibility index (Phi) is 7.10. The van der Waals surface area contributed by atoms with Crippen molar-refractivity contribution in [3.05, 3.63) is 131 Å². The van der Waals surface area contributed by atoms with Crippen molar-refractivity contribution < 1.29 is 23.9 Å². The smallest absolute Gasteiger partial charge is 0.412 e. The van der Waals surface area contributed by atoms with E-state index in [2.05, 4.69) is 5.32 Å².